The lowest BCUT2D eigenvalue weighted by Gasteiger charge is -2.12. The van der Waals surface area contributed by atoms with E-state index in [1.54, 1.807) is 0 Å². The molecular weight excluding hydrogens is 276 g/mol. The summed E-state index contributed by atoms with van der Waals surface area (Å²) in [6.07, 6.45) is 0. The Morgan fingerprint density at radius 1 is 0.565 bits per heavy atom. The van der Waals surface area contributed by atoms with Gasteiger partial charge in [0.1, 0.15) is 0 Å². The summed E-state index contributed by atoms with van der Waals surface area (Å²) in [5.74, 6) is 0. The van der Waals surface area contributed by atoms with Gasteiger partial charge in [0.2, 0.25) is 0 Å². The van der Waals surface area contributed by atoms with Gasteiger partial charge in [-0.15, -0.1) is 0 Å². The lowest BCUT2D eigenvalue weighted by Crippen LogP contribution is -1.86. The number of fused-ring (bicyclic) bond motifs is 1. The standard InChI is InChI=1S/C23H18/c1-17-11-13-19(14-12-17)21-16-15-20(18-7-3-2-4-8-18)22-9-5-6-10-23(21)22/h2-16H,1H3/i5T,6T. The minimum atomic E-state index is 0.255. The average molecular weight is 298 g/mol. The Morgan fingerprint density at radius 3 is 1.65 bits per heavy atom. The highest BCUT2D eigenvalue weighted by Crippen LogP contribution is 2.35. The molecule has 0 aliphatic rings. The van der Waals surface area contributed by atoms with E-state index in [-0.39, 0.29) is 12.1 Å². The zero-order valence-electron chi connectivity index (χ0n) is 15.0. The first-order valence-electron chi connectivity index (χ1n) is 8.80. The first-order valence-corrected chi connectivity index (χ1v) is 7.80. The molecule has 0 aromatic heterocycles. The topological polar surface area (TPSA) is 0 Å². The van der Waals surface area contributed by atoms with Gasteiger partial charge in [0, 0.05) is 0 Å². The zero-order chi connectivity index (χ0) is 17.4. The van der Waals surface area contributed by atoms with Crippen LogP contribution in [0.25, 0.3) is 33.0 Å². The van der Waals surface area contributed by atoms with Crippen molar-refractivity contribution in [2.75, 3.05) is 0 Å². The lowest BCUT2D eigenvalue weighted by molar-refractivity contribution is 1.47. The summed E-state index contributed by atoms with van der Waals surface area (Å²) in [6, 6.07) is 27.0. The van der Waals surface area contributed by atoms with Crippen LogP contribution in [0, 0.1) is 6.92 Å². The van der Waals surface area contributed by atoms with E-state index in [0.29, 0.717) is 0 Å². The first kappa shape index (κ1) is 11.7. The van der Waals surface area contributed by atoms with Gasteiger partial charge in [-0.25, -0.2) is 0 Å². The second-order valence-electron chi connectivity index (χ2n) is 5.80. The van der Waals surface area contributed by atoms with Crippen LogP contribution in [0.15, 0.2) is 90.9 Å². The SMILES string of the molecule is [3H]c1cc2c(-c3ccccc3)ccc(-c3ccc(C)cc3)c2cc1[3H]. The quantitative estimate of drug-likeness (QED) is 0.397. The molecule has 0 aliphatic carbocycles. The van der Waals surface area contributed by atoms with Gasteiger partial charge < -0.3 is 0 Å². The summed E-state index contributed by atoms with van der Waals surface area (Å²) >= 11 is 0. The second kappa shape index (κ2) is 5.73. The zero-order valence-corrected chi connectivity index (χ0v) is 13.0. The second-order valence-corrected chi connectivity index (χ2v) is 5.80. The lowest BCUT2D eigenvalue weighted by atomic mass is 9.92. The summed E-state index contributed by atoms with van der Waals surface area (Å²) in [4.78, 5) is 0. The number of hydrogen-bond acceptors (Lipinski definition) is 0. The van der Waals surface area contributed by atoms with Crippen LogP contribution in [0.4, 0.5) is 0 Å². The van der Waals surface area contributed by atoms with Crippen LogP contribution in [0.3, 0.4) is 0 Å². The Bertz CT molecular complexity index is 1050. The fourth-order valence-electron chi connectivity index (χ4n) is 3.03. The molecule has 0 radical (unpaired) electrons. The van der Waals surface area contributed by atoms with Crippen LogP contribution in [0.1, 0.15) is 8.30 Å². The van der Waals surface area contributed by atoms with Crippen LogP contribution in [0.5, 0.6) is 0 Å². The first-order chi connectivity index (χ1) is 12.1. The molecule has 0 fully saturated rings. The van der Waals surface area contributed by atoms with E-state index in [4.69, 9.17) is 2.74 Å². The Morgan fingerprint density at radius 2 is 1.09 bits per heavy atom. The van der Waals surface area contributed by atoms with Gasteiger partial charge >= 0.3 is 0 Å². The Hall–Kier alpha value is -2.86. The molecule has 0 nitrogen and oxygen atoms in total. The van der Waals surface area contributed by atoms with E-state index >= 15 is 0 Å². The van der Waals surface area contributed by atoms with Crippen molar-refractivity contribution in [1.29, 1.82) is 0 Å². The molecule has 0 spiro atoms. The maximum atomic E-state index is 8.08. The summed E-state index contributed by atoms with van der Waals surface area (Å²) in [7, 11) is 0. The van der Waals surface area contributed by atoms with Crippen molar-refractivity contribution >= 4 is 10.8 Å². The van der Waals surface area contributed by atoms with Gasteiger partial charge in [-0.3, -0.25) is 0 Å². The molecule has 0 bridgehead atoms. The molecule has 0 atom stereocenters. The Kier molecular flexibility index (Phi) is 2.91. The van der Waals surface area contributed by atoms with Crippen molar-refractivity contribution in [3.8, 4) is 22.3 Å². The minimum absolute atomic E-state index is 0.255. The number of rotatable bonds is 2. The van der Waals surface area contributed by atoms with Gasteiger partial charge in [-0.05, 0) is 39.9 Å². The van der Waals surface area contributed by atoms with Gasteiger partial charge in [-0.2, -0.15) is 0 Å². The minimum Gasteiger partial charge on any atom is -0.0622 e. The molecule has 4 aromatic carbocycles. The molecule has 0 aliphatic heterocycles. The van der Waals surface area contributed by atoms with Crippen LogP contribution >= 0.6 is 0 Å². The van der Waals surface area contributed by atoms with E-state index in [2.05, 4.69) is 55.5 Å². The van der Waals surface area contributed by atoms with Crippen molar-refractivity contribution < 1.29 is 2.74 Å². The molecule has 0 saturated heterocycles. The van der Waals surface area contributed by atoms with Crippen molar-refractivity contribution in [2.24, 2.45) is 0 Å². The molecule has 0 heteroatoms. The molecule has 4 aromatic rings. The maximum absolute atomic E-state index is 8.08. The highest BCUT2D eigenvalue weighted by atomic mass is 14.1. The fourth-order valence-corrected chi connectivity index (χ4v) is 3.03. The van der Waals surface area contributed by atoms with Crippen LogP contribution in [-0.2, 0) is 0 Å². The van der Waals surface area contributed by atoms with E-state index in [1.807, 2.05) is 30.3 Å². The monoisotopic (exact) mass is 298 g/mol. The normalized spacial score (nSPS) is 12.0. The van der Waals surface area contributed by atoms with Gasteiger partial charge in [0.15, 0.2) is 0 Å². The van der Waals surface area contributed by atoms with E-state index < -0.39 is 0 Å². The third-order valence-corrected chi connectivity index (χ3v) is 4.25. The molecule has 0 N–H and O–H groups in total. The third-order valence-electron chi connectivity index (χ3n) is 4.25. The van der Waals surface area contributed by atoms with Gasteiger partial charge in [0.05, 0.1) is 2.74 Å². The van der Waals surface area contributed by atoms with Crippen molar-refractivity contribution in [3.05, 3.63) is 96.5 Å². The molecule has 0 amide bonds. The maximum Gasteiger partial charge on any atom is 0.0623 e. The number of benzene rings is 4. The smallest absolute Gasteiger partial charge is 0.0622 e. The van der Waals surface area contributed by atoms with Crippen molar-refractivity contribution in [1.82, 2.24) is 0 Å². The molecule has 23 heavy (non-hydrogen) atoms. The van der Waals surface area contributed by atoms with Gasteiger partial charge in [-0.1, -0.05) is 96.5 Å². The molecule has 0 saturated carbocycles. The predicted octanol–water partition coefficient (Wildman–Crippen LogP) is 6.48. The average Bonchev–Trinajstić information content (AvgIpc) is 2.63. The van der Waals surface area contributed by atoms with Crippen LogP contribution in [0.2, 0.25) is 0 Å². The van der Waals surface area contributed by atoms with E-state index in [1.165, 1.54) is 5.56 Å². The Balaban J connectivity index is 2.04. The summed E-state index contributed by atoms with van der Waals surface area (Å²) in [5, 5.41) is 2.04. The molecule has 4 rings (SSSR count). The summed E-state index contributed by atoms with van der Waals surface area (Å²) < 4.78 is 16.2. The largest absolute Gasteiger partial charge is 0.0623 e. The highest BCUT2D eigenvalue weighted by Gasteiger charge is 2.08. The molecule has 0 heterocycles. The fraction of sp³-hybridized carbons (Fsp3) is 0.0435. The van der Waals surface area contributed by atoms with Crippen LogP contribution < -0.4 is 0 Å². The van der Waals surface area contributed by atoms with E-state index in [0.717, 1.165) is 33.0 Å². The summed E-state index contributed by atoms with van der Waals surface area (Å²) in [6.45, 7) is 2.08. The van der Waals surface area contributed by atoms with E-state index in [9.17, 15) is 0 Å². The number of hydrogen-bond donors (Lipinski definition) is 0. The third kappa shape index (κ3) is 2.53. The number of aryl methyl sites for hydroxylation is 1. The van der Waals surface area contributed by atoms with Crippen molar-refractivity contribution in [3.63, 3.8) is 0 Å². The summed E-state index contributed by atoms with van der Waals surface area (Å²) in [5.41, 5.74) is 5.68. The van der Waals surface area contributed by atoms with Crippen molar-refractivity contribution in [2.45, 2.75) is 6.92 Å². The van der Waals surface area contributed by atoms with Gasteiger partial charge in [0.25, 0.3) is 0 Å². The molecular formula is C23H18. The molecule has 0 unspecified atom stereocenters. The molecule has 110 valence electrons. The Labute approximate surface area is 139 Å². The highest BCUT2D eigenvalue weighted by molar-refractivity contribution is 6.04. The predicted molar refractivity (Wildman–Crippen MR) is 99.6 cm³/mol. The van der Waals surface area contributed by atoms with Crippen LogP contribution in [-0.4, -0.2) is 0 Å².